The third kappa shape index (κ3) is 3.91. The van der Waals surface area contributed by atoms with Crippen molar-refractivity contribution in [2.24, 2.45) is 0 Å². The Morgan fingerprint density at radius 1 is 1.03 bits per heavy atom. The van der Waals surface area contributed by atoms with Gasteiger partial charge < -0.3 is 10.4 Å². The van der Waals surface area contributed by atoms with Gasteiger partial charge in [-0.2, -0.15) is 13.2 Å². The molecule has 2 heterocycles. The van der Waals surface area contributed by atoms with E-state index in [0.29, 0.717) is 16.6 Å². The van der Waals surface area contributed by atoms with Gasteiger partial charge >= 0.3 is 6.18 Å². The number of halogens is 3. The van der Waals surface area contributed by atoms with E-state index in [1.807, 2.05) is 31.2 Å². The number of anilines is 1. The number of rotatable bonds is 4. The topological polar surface area (TPSA) is 59.3 Å². The van der Waals surface area contributed by atoms with Crippen LogP contribution in [0.5, 0.6) is 5.75 Å². The SMILES string of the molecule is Cc1ccc2ccc(C(Nc3cccc(C(F)(F)F)c3)c3cccnc3)c(O)c2[nH+]1. The molecule has 4 aromatic rings. The maximum absolute atomic E-state index is 13.1. The zero-order chi connectivity index (χ0) is 21.3. The maximum Gasteiger partial charge on any atom is 0.416 e. The van der Waals surface area contributed by atoms with Crippen molar-refractivity contribution >= 4 is 16.6 Å². The van der Waals surface area contributed by atoms with Gasteiger partial charge in [-0.1, -0.05) is 18.2 Å². The summed E-state index contributed by atoms with van der Waals surface area (Å²) in [6, 6.07) is 15.3. The monoisotopic (exact) mass is 410 g/mol. The van der Waals surface area contributed by atoms with Crippen LogP contribution in [0, 0.1) is 6.92 Å². The molecule has 4 nitrogen and oxygen atoms in total. The molecule has 152 valence electrons. The van der Waals surface area contributed by atoms with Crippen molar-refractivity contribution in [3.05, 3.63) is 95.4 Å². The van der Waals surface area contributed by atoms with E-state index in [9.17, 15) is 18.3 Å². The number of nitrogens with zero attached hydrogens (tertiary/aromatic N) is 1. The van der Waals surface area contributed by atoms with Crippen LogP contribution in [0.1, 0.15) is 28.4 Å². The summed E-state index contributed by atoms with van der Waals surface area (Å²) in [6.45, 7) is 1.88. The molecule has 1 atom stereocenters. The molecule has 0 amide bonds. The number of aromatic nitrogens is 2. The van der Waals surface area contributed by atoms with Crippen LogP contribution in [0.2, 0.25) is 0 Å². The normalized spacial score (nSPS) is 12.7. The van der Waals surface area contributed by atoms with E-state index < -0.39 is 17.8 Å². The molecule has 0 spiro atoms. The van der Waals surface area contributed by atoms with E-state index in [1.54, 1.807) is 30.6 Å². The molecule has 1 unspecified atom stereocenters. The minimum atomic E-state index is -4.45. The molecule has 0 radical (unpaired) electrons. The van der Waals surface area contributed by atoms with Gasteiger partial charge in [0.25, 0.3) is 5.52 Å². The molecule has 30 heavy (non-hydrogen) atoms. The lowest BCUT2D eigenvalue weighted by Gasteiger charge is -2.22. The highest BCUT2D eigenvalue weighted by Gasteiger charge is 2.31. The van der Waals surface area contributed by atoms with Crippen LogP contribution >= 0.6 is 0 Å². The second kappa shape index (κ2) is 7.67. The first-order valence-electron chi connectivity index (χ1n) is 9.31. The fraction of sp³-hybridized carbons (Fsp3) is 0.130. The molecule has 0 aliphatic heterocycles. The number of aromatic amines is 1. The summed E-state index contributed by atoms with van der Waals surface area (Å²) in [5, 5.41) is 15.0. The second-order valence-corrected chi connectivity index (χ2v) is 7.05. The lowest BCUT2D eigenvalue weighted by Crippen LogP contribution is -2.15. The third-order valence-electron chi connectivity index (χ3n) is 4.91. The first kappa shape index (κ1) is 19.7. The number of hydrogen-bond donors (Lipinski definition) is 2. The highest BCUT2D eigenvalue weighted by Crippen LogP contribution is 2.37. The van der Waals surface area contributed by atoms with Crippen molar-refractivity contribution in [2.75, 3.05) is 5.32 Å². The average molecular weight is 410 g/mol. The smallest absolute Gasteiger partial charge is 0.416 e. The minimum absolute atomic E-state index is 0.0320. The van der Waals surface area contributed by atoms with Crippen molar-refractivity contribution in [2.45, 2.75) is 19.1 Å². The molecule has 4 rings (SSSR count). The highest BCUT2D eigenvalue weighted by molar-refractivity contribution is 5.83. The van der Waals surface area contributed by atoms with Crippen LogP contribution in [0.4, 0.5) is 18.9 Å². The van der Waals surface area contributed by atoms with Gasteiger partial charge in [0, 0.05) is 36.6 Å². The quantitative estimate of drug-likeness (QED) is 0.481. The summed E-state index contributed by atoms with van der Waals surface area (Å²) in [6.07, 6.45) is -1.21. The Balaban J connectivity index is 1.83. The predicted molar refractivity (Wildman–Crippen MR) is 108 cm³/mol. The summed E-state index contributed by atoms with van der Waals surface area (Å²) < 4.78 is 39.4. The standard InChI is InChI=1S/C23H18F3N3O/c1-14-7-8-15-9-10-19(22(30)21(15)28-14)20(16-4-3-11-27-13-16)29-18-6-2-5-17(12-18)23(24,25)26/h2-13,20,29-30H,1H3/p+1. The summed E-state index contributed by atoms with van der Waals surface area (Å²) in [5.74, 6) is 0.0320. The molecule has 3 N–H and O–H groups in total. The number of fused-ring (bicyclic) bond motifs is 1. The largest absolute Gasteiger partial charge is 0.502 e. The lowest BCUT2D eigenvalue weighted by molar-refractivity contribution is -0.355. The lowest BCUT2D eigenvalue weighted by atomic mass is 9.97. The zero-order valence-corrected chi connectivity index (χ0v) is 16.0. The van der Waals surface area contributed by atoms with Gasteiger partial charge in [0.1, 0.15) is 0 Å². The molecule has 0 saturated carbocycles. The number of pyridine rings is 2. The van der Waals surface area contributed by atoms with Gasteiger partial charge in [-0.15, -0.1) is 0 Å². The van der Waals surface area contributed by atoms with Gasteiger partial charge in [-0.05, 0) is 42.0 Å². The van der Waals surface area contributed by atoms with Crippen LogP contribution in [0.3, 0.4) is 0 Å². The number of phenols is 1. The molecular formula is C23H19F3N3O+. The van der Waals surface area contributed by atoms with Gasteiger partial charge in [-0.25, -0.2) is 4.98 Å². The van der Waals surface area contributed by atoms with E-state index in [-0.39, 0.29) is 11.4 Å². The number of nitrogens with one attached hydrogen (secondary N) is 2. The fourth-order valence-electron chi connectivity index (χ4n) is 3.42. The number of aryl methyl sites for hydroxylation is 1. The second-order valence-electron chi connectivity index (χ2n) is 7.05. The summed E-state index contributed by atoms with van der Waals surface area (Å²) in [7, 11) is 0. The molecule has 0 aliphatic carbocycles. The Hall–Kier alpha value is -3.61. The van der Waals surface area contributed by atoms with Gasteiger partial charge in [-0.3, -0.25) is 4.98 Å². The number of aromatic hydroxyl groups is 1. The Kier molecular flexibility index (Phi) is 5.03. The van der Waals surface area contributed by atoms with Crippen molar-refractivity contribution < 1.29 is 23.3 Å². The number of hydrogen-bond acceptors (Lipinski definition) is 3. The molecule has 7 heteroatoms. The van der Waals surface area contributed by atoms with Gasteiger partial charge in [0.05, 0.1) is 17.0 Å². The maximum atomic E-state index is 13.1. The zero-order valence-electron chi connectivity index (χ0n) is 16.0. The molecule has 2 aromatic carbocycles. The molecule has 0 aliphatic rings. The Morgan fingerprint density at radius 2 is 1.83 bits per heavy atom. The van der Waals surface area contributed by atoms with Crippen LogP contribution < -0.4 is 10.3 Å². The fourth-order valence-corrected chi connectivity index (χ4v) is 3.42. The third-order valence-corrected chi connectivity index (χ3v) is 4.91. The Morgan fingerprint density at radius 3 is 2.57 bits per heavy atom. The van der Waals surface area contributed by atoms with E-state index in [1.165, 1.54) is 6.07 Å². The first-order valence-corrected chi connectivity index (χ1v) is 9.31. The molecule has 0 bridgehead atoms. The molecule has 2 aromatic heterocycles. The van der Waals surface area contributed by atoms with Crippen LogP contribution in [0.15, 0.2) is 73.1 Å². The Labute approximate surface area is 171 Å². The number of H-pyrrole nitrogens is 1. The molecule has 0 saturated heterocycles. The number of phenolic OH excluding ortho intramolecular Hbond substituents is 1. The summed E-state index contributed by atoms with van der Waals surface area (Å²) >= 11 is 0. The van der Waals surface area contributed by atoms with E-state index in [0.717, 1.165) is 23.2 Å². The Bertz CT molecular complexity index is 1190. The number of alkyl halides is 3. The van der Waals surface area contributed by atoms with Crippen LogP contribution in [-0.4, -0.2) is 10.1 Å². The van der Waals surface area contributed by atoms with Crippen LogP contribution in [-0.2, 0) is 6.18 Å². The molecular weight excluding hydrogens is 391 g/mol. The predicted octanol–water partition coefficient (Wildman–Crippen LogP) is 5.28. The van der Waals surface area contributed by atoms with Gasteiger partial charge in [0.2, 0.25) is 0 Å². The first-order chi connectivity index (χ1) is 14.3. The summed E-state index contributed by atoms with van der Waals surface area (Å²) in [4.78, 5) is 7.28. The van der Waals surface area contributed by atoms with Crippen molar-refractivity contribution in [3.8, 4) is 5.75 Å². The molecule has 0 fully saturated rings. The van der Waals surface area contributed by atoms with Crippen molar-refractivity contribution in [1.29, 1.82) is 0 Å². The highest BCUT2D eigenvalue weighted by atomic mass is 19.4. The average Bonchev–Trinajstić information content (AvgIpc) is 2.73. The minimum Gasteiger partial charge on any atom is -0.502 e. The number of benzene rings is 2. The van der Waals surface area contributed by atoms with Gasteiger partial charge in [0.15, 0.2) is 11.4 Å². The van der Waals surface area contributed by atoms with E-state index >= 15 is 0 Å². The summed E-state index contributed by atoms with van der Waals surface area (Å²) in [5.41, 5.74) is 2.20. The van der Waals surface area contributed by atoms with Crippen molar-refractivity contribution in [1.82, 2.24) is 4.98 Å². The van der Waals surface area contributed by atoms with E-state index in [4.69, 9.17) is 0 Å². The van der Waals surface area contributed by atoms with E-state index in [2.05, 4.69) is 15.3 Å². The van der Waals surface area contributed by atoms with Crippen molar-refractivity contribution in [3.63, 3.8) is 0 Å². The van der Waals surface area contributed by atoms with Crippen LogP contribution in [0.25, 0.3) is 10.9 Å².